The molecule has 0 saturated heterocycles. The Hall–Kier alpha value is -1.97. The summed E-state index contributed by atoms with van der Waals surface area (Å²) in [5.41, 5.74) is 1.83. The van der Waals surface area contributed by atoms with Crippen molar-refractivity contribution >= 4 is 16.9 Å². The van der Waals surface area contributed by atoms with Gasteiger partial charge in [0.1, 0.15) is 5.75 Å². The highest BCUT2D eigenvalue weighted by molar-refractivity contribution is 5.85. The Bertz CT molecular complexity index is 530. The zero-order chi connectivity index (χ0) is 11.7. The van der Waals surface area contributed by atoms with E-state index in [9.17, 15) is 9.90 Å². The largest absolute Gasteiger partial charge is 0.508 e. The normalized spacial score (nSPS) is 12.8. The summed E-state index contributed by atoms with van der Waals surface area (Å²) in [4.78, 5) is 13.8. The van der Waals surface area contributed by atoms with Crippen molar-refractivity contribution in [2.75, 3.05) is 0 Å². The van der Waals surface area contributed by atoms with Gasteiger partial charge in [0.15, 0.2) is 0 Å². The summed E-state index contributed by atoms with van der Waals surface area (Å²) in [6.45, 7) is 1.67. The number of H-pyrrole nitrogens is 1. The standard InChI is InChI=1S/C12H13NO3/c1-7(12(15)16)4-8-6-13-11-3-2-9(14)5-10(8)11/h2-3,5-7,13-14H,4H2,1H3,(H,15,16)/t7-/m1/s1. The zero-order valence-corrected chi connectivity index (χ0v) is 8.90. The summed E-state index contributed by atoms with van der Waals surface area (Å²) in [5.74, 6) is -1.05. The summed E-state index contributed by atoms with van der Waals surface area (Å²) >= 11 is 0. The zero-order valence-electron chi connectivity index (χ0n) is 8.90. The third-order valence-electron chi connectivity index (χ3n) is 2.70. The van der Waals surface area contributed by atoms with E-state index in [2.05, 4.69) is 4.98 Å². The van der Waals surface area contributed by atoms with E-state index in [4.69, 9.17) is 5.11 Å². The quantitative estimate of drug-likeness (QED) is 0.740. The van der Waals surface area contributed by atoms with E-state index in [1.807, 2.05) is 0 Å². The fourth-order valence-corrected chi connectivity index (χ4v) is 1.75. The summed E-state index contributed by atoms with van der Waals surface area (Å²) in [5, 5.41) is 19.1. The number of phenols is 1. The van der Waals surface area contributed by atoms with Crippen LogP contribution in [0.2, 0.25) is 0 Å². The van der Waals surface area contributed by atoms with Crippen molar-refractivity contribution in [3.63, 3.8) is 0 Å². The minimum absolute atomic E-state index is 0.191. The maximum Gasteiger partial charge on any atom is 0.306 e. The van der Waals surface area contributed by atoms with Crippen LogP contribution in [0.5, 0.6) is 5.75 Å². The molecule has 2 rings (SSSR count). The minimum Gasteiger partial charge on any atom is -0.508 e. The lowest BCUT2D eigenvalue weighted by atomic mass is 10.0. The Kier molecular flexibility index (Phi) is 2.56. The monoisotopic (exact) mass is 219 g/mol. The molecule has 0 amide bonds. The van der Waals surface area contributed by atoms with Crippen molar-refractivity contribution in [2.45, 2.75) is 13.3 Å². The Labute approximate surface area is 92.5 Å². The SMILES string of the molecule is C[C@H](Cc1c[nH]c2ccc(O)cc12)C(=O)O. The number of benzene rings is 1. The van der Waals surface area contributed by atoms with Crippen LogP contribution in [0.1, 0.15) is 12.5 Å². The third-order valence-corrected chi connectivity index (χ3v) is 2.70. The molecule has 4 nitrogen and oxygen atoms in total. The number of aromatic nitrogens is 1. The van der Waals surface area contributed by atoms with E-state index in [-0.39, 0.29) is 5.75 Å². The first kappa shape index (κ1) is 10.5. The highest BCUT2D eigenvalue weighted by atomic mass is 16.4. The van der Waals surface area contributed by atoms with Crippen molar-refractivity contribution in [3.05, 3.63) is 30.0 Å². The second-order valence-electron chi connectivity index (χ2n) is 3.99. The number of aromatic amines is 1. The molecule has 2 aromatic rings. The average molecular weight is 219 g/mol. The fourth-order valence-electron chi connectivity index (χ4n) is 1.75. The molecular formula is C12H13NO3. The Morgan fingerprint density at radius 3 is 2.94 bits per heavy atom. The van der Waals surface area contributed by atoms with Crippen molar-refractivity contribution in [2.24, 2.45) is 5.92 Å². The molecule has 4 heteroatoms. The number of carboxylic acid groups (broad SMARTS) is 1. The lowest BCUT2D eigenvalue weighted by Gasteiger charge is -2.04. The maximum absolute atomic E-state index is 10.8. The average Bonchev–Trinajstić information content (AvgIpc) is 2.61. The van der Waals surface area contributed by atoms with Gasteiger partial charge in [0, 0.05) is 17.1 Å². The van der Waals surface area contributed by atoms with Crippen LogP contribution < -0.4 is 0 Å². The lowest BCUT2D eigenvalue weighted by molar-refractivity contribution is -0.141. The molecule has 3 N–H and O–H groups in total. The third kappa shape index (κ3) is 1.86. The van der Waals surface area contributed by atoms with Crippen LogP contribution in [-0.2, 0) is 11.2 Å². The van der Waals surface area contributed by atoms with Gasteiger partial charge in [-0.1, -0.05) is 6.92 Å². The maximum atomic E-state index is 10.8. The highest BCUT2D eigenvalue weighted by Crippen LogP contribution is 2.24. The van der Waals surface area contributed by atoms with Crippen molar-refractivity contribution in [3.8, 4) is 5.75 Å². The van der Waals surface area contributed by atoms with Crippen molar-refractivity contribution in [1.82, 2.24) is 4.98 Å². The number of nitrogens with one attached hydrogen (secondary N) is 1. The molecule has 0 aliphatic rings. The van der Waals surface area contributed by atoms with E-state index in [1.54, 1.807) is 31.3 Å². The van der Waals surface area contributed by atoms with Gasteiger partial charge < -0.3 is 15.2 Å². The molecule has 0 radical (unpaired) electrons. The van der Waals surface area contributed by atoms with Crippen LogP contribution in [0, 0.1) is 5.92 Å². The molecule has 1 atom stereocenters. The van der Waals surface area contributed by atoms with Crippen molar-refractivity contribution < 1.29 is 15.0 Å². The van der Waals surface area contributed by atoms with E-state index in [0.29, 0.717) is 6.42 Å². The first-order valence-corrected chi connectivity index (χ1v) is 5.09. The van der Waals surface area contributed by atoms with Gasteiger partial charge >= 0.3 is 5.97 Å². The summed E-state index contributed by atoms with van der Waals surface area (Å²) < 4.78 is 0. The predicted molar refractivity (Wildman–Crippen MR) is 60.5 cm³/mol. The number of carboxylic acids is 1. The van der Waals surface area contributed by atoms with Gasteiger partial charge in [0.2, 0.25) is 0 Å². The van der Waals surface area contributed by atoms with Crippen LogP contribution in [-0.4, -0.2) is 21.2 Å². The molecule has 0 saturated carbocycles. The predicted octanol–water partition coefficient (Wildman–Crippen LogP) is 2.14. The number of fused-ring (bicyclic) bond motifs is 1. The highest BCUT2D eigenvalue weighted by Gasteiger charge is 2.14. The van der Waals surface area contributed by atoms with E-state index >= 15 is 0 Å². The number of hydrogen-bond acceptors (Lipinski definition) is 2. The second-order valence-corrected chi connectivity index (χ2v) is 3.99. The van der Waals surface area contributed by atoms with Gasteiger partial charge in [-0.25, -0.2) is 0 Å². The van der Waals surface area contributed by atoms with Crippen LogP contribution >= 0.6 is 0 Å². The molecular weight excluding hydrogens is 206 g/mol. The van der Waals surface area contributed by atoms with Gasteiger partial charge in [0.05, 0.1) is 5.92 Å². The second kappa shape index (κ2) is 3.89. The molecule has 0 bridgehead atoms. The number of phenolic OH excluding ortho intramolecular Hbond substituents is 1. The summed E-state index contributed by atoms with van der Waals surface area (Å²) in [6, 6.07) is 5.03. The van der Waals surface area contributed by atoms with Gasteiger partial charge in [-0.2, -0.15) is 0 Å². The van der Waals surface area contributed by atoms with Crippen LogP contribution in [0.15, 0.2) is 24.4 Å². The van der Waals surface area contributed by atoms with Gasteiger partial charge in [0.25, 0.3) is 0 Å². The minimum atomic E-state index is -0.811. The number of aromatic hydroxyl groups is 1. The first-order chi connectivity index (χ1) is 7.58. The Balaban J connectivity index is 2.37. The molecule has 0 aliphatic heterocycles. The summed E-state index contributed by atoms with van der Waals surface area (Å²) in [6.07, 6.45) is 2.25. The molecule has 0 spiro atoms. The lowest BCUT2D eigenvalue weighted by Crippen LogP contribution is -2.11. The van der Waals surface area contributed by atoms with E-state index < -0.39 is 11.9 Å². The van der Waals surface area contributed by atoms with Crippen molar-refractivity contribution in [1.29, 1.82) is 0 Å². The first-order valence-electron chi connectivity index (χ1n) is 5.09. The van der Waals surface area contributed by atoms with E-state index in [0.717, 1.165) is 16.5 Å². The molecule has 1 aromatic heterocycles. The topological polar surface area (TPSA) is 73.3 Å². The number of rotatable bonds is 3. The van der Waals surface area contributed by atoms with Crippen LogP contribution in [0.25, 0.3) is 10.9 Å². The van der Waals surface area contributed by atoms with Gasteiger partial charge in [-0.3, -0.25) is 4.79 Å². The van der Waals surface area contributed by atoms with E-state index in [1.165, 1.54) is 0 Å². The number of aliphatic carboxylic acids is 1. The molecule has 84 valence electrons. The molecule has 1 aromatic carbocycles. The molecule has 16 heavy (non-hydrogen) atoms. The Morgan fingerprint density at radius 2 is 2.25 bits per heavy atom. The smallest absolute Gasteiger partial charge is 0.306 e. The van der Waals surface area contributed by atoms with Crippen LogP contribution in [0.3, 0.4) is 0 Å². The summed E-state index contributed by atoms with van der Waals surface area (Å²) in [7, 11) is 0. The van der Waals surface area contributed by atoms with Gasteiger partial charge in [-0.15, -0.1) is 0 Å². The number of hydrogen-bond donors (Lipinski definition) is 3. The van der Waals surface area contributed by atoms with Crippen LogP contribution in [0.4, 0.5) is 0 Å². The molecule has 0 unspecified atom stereocenters. The Morgan fingerprint density at radius 1 is 1.50 bits per heavy atom. The number of carbonyl (C=O) groups is 1. The molecule has 0 aliphatic carbocycles. The van der Waals surface area contributed by atoms with Gasteiger partial charge in [-0.05, 0) is 30.2 Å². The molecule has 0 fully saturated rings. The fraction of sp³-hybridized carbons (Fsp3) is 0.250. The molecule has 1 heterocycles.